The van der Waals surface area contributed by atoms with Crippen LogP contribution in [-0.2, 0) is 21.8 Å². The topological polar surface area (TPSA) is 89.0 Å². The van der Waals surface area contributed by atoms with Crippen molar-refractivity contribution in [1.82, 2.24) is 10.6 Å². The van der Waals surface area contributed by atoms with Gasteiger partial charge in [0.15, 0.2) is 27.3 Å². The number of ether oxygens (including phenoxy) is 2. The van der Waals surface area contributed by atoms with Crippen LogP contribution >= 0.6 is 0 Å². The number of hydrogen-bond acceptors (Lipinski definition) is 5. The second-order valence-electron chi connectivity index (χ2n) is 8.10. The number of rotatable bonds is 8. The highest BCUT2D eigenvalue weighted by molar-refractivity contribution is 7.90. The van der Waals surface area contributed by atoms with Crippen molar-refractivity contribution in [3.63, 3.8) is 0 Å². The van der Waals surface area contributed by atoms with Gasteiger partial charge < -0.3 is 20.1 Å². The molecule has 0 aliphatic carbocycles. The number of aliphatic imine (C=N–C) groups is 1. The Kier molecular flexibility index (Phi) is 7.95. The number of hydrogen-bond donors (Lipinski definition) is 2. The molecule has 0 radical (unpaired) electrons. The zero-order valence-electron chi connectivity index (χ0n) is 19.4. The highest BCUT2D eigenvalue weighted by atomic mass is 32.2. The van der Waals surface area contributed by atoms with Gasteiger partial charge in [0.05, 0.1) is 19.1 Å². The van der Waals surface area contributed by atoms with Gasteiger partial charge in [0.25, 0.3) is 0 Å². The van der Waals surface area contributed by atoms with Crippen molar-refractivity contribution < 1.29 is 17.9 Å². The first-order chi connectivity index (χ1) is 14.5. The van der Waals surface area contributed by atoms with Crippen LogP contribution in [0.2, 0.25) is 0 Å². The Morgan fingerprint density at radius 3 is 2.26 bits per heavy atom. The Bertz CT molecular complexity index is 1050. The van der Waals surface area contributed by atoms with E-state index in [4.69, 9.17) is 9.47 Å². The van der Waals surface area contributed by atoms with E-state index in [-0.39, 0.29) is 5.41 Å². The largest absolute Gasteiger partial charge is 0.493 e. The fourth-order valence-corrected chi connectivity index (χ4v) is 4.27. The summed E-state index contributed by atoms with van der Waals surface area (Å²) in [7, 11) is 1.75. The molecule has 0 aromatic heterocycles. The van der Waals surface area contributed by atoms with Gasteiger partial charge in [-0.15, -0.1) is 0 Å². The molecule has 0 saturated carbocycles. The highest BCUT2D eigenvalue weighted by Gasteiger charge is 2.23. The quantitative estimate of drug-likeness (QED) is 0.478. The molecule has 2 rings (SSSR count). The third-order valence-corrected chi connectivity index (χ3v) is 6.44. The van der Waals surface area contributed by atoms with Crippen LogP contribution in [0.3, 0.4) is 0 Å². The van der Waals surface area contributed by atoms with Crippen molar-refractivity contribution in [2.75, 3.05) is 34.1 Å². The number of nitrogens with one attached hydrogen (secondary N) is 2. The van der Waals surface area contributed by atoms with E-state index < -0.39 is 9.84 Å². The monoisotopic (exact) mass is 447 g/mol. The van der Waals surface area contributed by atoms with Crippen molar-refractivity contribution in [2.45, 2.75) is 37.6 Å². The number of guanidine groups is 1. The average Bonchev–Trinajstić information content (AvgIpc) is 2.72. The van der Waals surface area contributed by atoms with E-state index in [0.717, 1.165) is 16.7 Å². The van der Waals surface area contributed by atoms with Crippen LogP contribution in [0.5, 0.6) is 11.5 Å². The minimum absolute atomic E-state index is 0.190. The first-order valence-corrected chi connectivity index (χ1v) is 11.9. The molecular formula is C23H33N3O4S. The van der Waals surface area contributed by atoms with Gasteiger partial charge in [-0.2, -0.15) is 0 Å². The van der Waals surface area contributed by atoms with Gasteiger partial charge >= 0.3 is 0 Å². The summed E-state index contributed by atoms with van der Waals surface area (Å²) in [4.78, 5) is 4.65. The van der Waals surface area contributed by atoms with Crippen LogP contribution in [0.15, 0.2) is 46.3 Å². The molecule has 170 valence electrons. The van der Waals surface area contributed by atoms with Gasteiger partial charge in [-0.05, 0) is 41.8 Å². The molecule has 0 atom stereocenters. The van der Waals surface area contributed by atoms with Gasteiger partial charge in [-0.25, -0.2) is 8.42 Å². The summed E-state index contributed by atoms with van der Waals surface area (Å²) in [5, 5.41) is 6.65. The molecule has 0 spiro atoms. The second kappa shape index (κ2) is 10.0. The van der Waals surface area contributed by atoms with Crippen molar-refractivity contribution in [2.24, 2.45) is 4.99 Å². The van der Waals surface area contributed by atoms with Crippen LogP contribution in [0, 0.1) is 6.92 Å². The molecule has 7 nitrogen and oxygen atoms in total. The number of aryl methyl sites for hydroxylation is 1. The lowest BCUT2D eigenvalue weighted by Crippen LogP contribution is -2.43. The Morgan fingerprint density at radius 2 is 1.71 bits per heavy atom. The van der Waals surface area contributed by atoms with E-state index in [1.54, 1.807) is 34.3 Å². The van der Waals surface area contributed by atoms with E-state index >= 15 is 0 Å². The summed E-state index contributed by atoms with van der Waals surface area (Å²) < 4.78 is 34.3. The Hall–Kier alpha value is -2.74. The average molecular weight is 448 g/mol. The molecule has 0 unspecified atom stereocenters. The maximum absolute atomic E-state index is 11.8. The van der Waals surface area contributed by atoms with E-state index in [1.807, 2.05) is 30.3 Å². The molecule has 0 fully saturated rings. The van der Waals surface area contributed by atoms with Crippen molar-refractivity contribution in [3.8, 4) is 11.5 Å². The van der Waals surface area contributed by atoms with E-state index in [0.29, 0.717) is 35.4 Å². The summed E-state index contributed by atoms with van der Waals surface area (Å²) in [5.74, 6) is 2.06. The number of benzene rings is 2. The molecule has 0 aliphatic heterocycles. The van der Waals surface area contributed by atoms with Crippen molar-refractivity contribution in [1.29, 1.82) is 0 Å². The molecule has 2 N–H and O–H groups in total. The van der Waals surface area contributed by atoms with E-state index in [1.165, 1.54) is 6.26 Å². The minimum atomic E-state index is -3.22. The first kappa shape index (κ1) is 24.5. The lowest BCUT2D eigenvalue weighted by atomic mass is 9.84. The van der Waals surface area contributed by atoms with Crippen LogP contribution in [-0.4, -0.2) is 48.4 Å². The Balaban J connectivity index is 2.03. The lowest BCUT2D eigenvalue weighted by Gasteiger charge is -2.27. The molecule has 2 aromatic carbocycles. The van der Waals surface area contributed by atoms with Crippen LogP contribution in [0.25, 0.3) is 0 Å². The van der Waals surface area contributed by atoms with Crippen LogP contribution in [0.4, 0.5) is 0 Å². The Labute approximate surface area is 185 Å². The summed E-state index contributed by atoms with van der Waals surface area (Å²) in [6.45, 7) is 7.26. The zero-order valence-corrected chi connectivity index (χ0v) is 20.2. The predicted molar refractivity (Wildman–Crippen MR) is 125 cm³/mol. The van der Waals surface area contributed by atoms with Gasteiger partial charge in [-0.3, -0.25) is 4.99 Å². The SMILES string of the molecule is CN=C(NCc1ccc(S(C)(=O)=O)c(C)c1)NCC(C)(C)c1ccc(OC)c(OC)c1. The van der Waals surface area contributed by atoms with Crippen LogP contribution in [0.1, 0.15) is 30.5 Å². The third-order valence-electron chi connectivity index (χ3n) is 5.19. The van der Waals surface area contributed by atoms with E-state index in [9.17, 15) is 8.42 Å². The summed E-state index contributed by atoms with van der Waals surface area (Å²) >= 11 is 0. The fraction of sp³-hybridized carbons (Fsp3) is 0.435. The molecule has 8 heteroatoms. The summed E-state index contributed by atoms with van der Waals surface area (Å²) in [5.41, 5.74) is 2.64. The highest BCUT2D eigenvalue weighted by Crippen LogP contribution is 2.32. The molecule has 0 bridgehead atoms. The first-order valence-electron chi connectivity index (χ1n) is 9.98. The molecule has 0 aliphatic rings. The molecule has 0 amide bonds. The standard InChI is InChI=1S/C23H33N3O4S/c1-16-12-17(8-11-21(16)31(7,27)28)14-25-22(24-4)26-15-23(2,3)18-9-10-19(29-5)20(13-18)30-6/h8-13H,14-15H2,1-7H3,(H2,24,25,26). The molecule has 31 heavy (non-hydrogen) atoms. The van der Waals surface area contributed by atoms with Gasteiger partial charge in [-0.1, -0.05) is 32.0 Å². The zero-order chi connectivity index (χ0) is 23.2. The summed E-state index contributed by atoms with van der Waals surface area (Å²) in [6, 6.07) is 11.3. The number of methoxy groups -OCH3 is 2. The Morgan fingerprint density at radius 1 is 1.03 bits per heavy atom. The van der Waals surface area contributed by atoms with Crippen molar-refractivity contribution in [3.05, 3.63) is 53.1 Å². The molecule has 2 aromatic rings. The minimum Gasteiger partial charge on any atom is -0.493 e. The van der Waals surface area contributed by atoms with Gasteiger partial charge in [0.2, 0.25) is 0 Å². The van der Waals surface area contributed by atoms with Gasteiger partial charge in [0, 0.05) is 31.8 Å². The number of sulfone groups is 1. The molecule has 0 saturated heterocycles. The van der Waals surface area contributed by atoms with Crippen LogP contribution < -0.4 is 20.1 Å². The maximum Gasteiger partial charge on any atom is 0.191 e. The van der Waals surface area contributed by atoms with Gasteiger partial charge in [0.1, 0.15) is 0 Å². The maximum atomic E-state index is 11.8. The normalized spacial score (nSPS) is 12.4. The molecule has 0 heterocycles. The smallest absolute Gasteiger partial charge is 0.191 e. The predicted octanol–water partition coefficient (Wildman–Crippen LogP) is 3.06. The fourth-order valence-electron chi connectivity index (χ4n) is 3.31. The third kappa shape index (κ3) is 6.37. The molecular weight excluding hydrogens is 414 g/mol. The lowest BCUT2D eigenvalue weighted by molar-refractivity contribution is 0.353. The second-order valence-corrected chi connectivity index (χ2v) is 10.1. The number of nitrogens with zero attached hydrogens (tertiary/aromatic N) is 1. The van der Waals surface area contributed by atoms with Crippen molar-refractivity contribution >= 4 is 15.8 Å². The summed E-state index contributed by atoms with van der Waals surface area (Å²) in [6.07, 6.45) is 1.22. The van der Waals surface area contributed by atoms with E-state index in [2.05, 4.69) is 29.5 Å².